The molecule has 3 rings (SSSR count). The molecule has 0 spiro atoms. The third-order valence-electron chi connectivity index (χ3n) is 4.19. The first kappa shape index (κ1) is 16.6. The maximum Gasteiger partial charge on any atom is 0.243 e. The van der Waals surface area contributed by atoms with E-state index in [0.29, 0.717) is 24.4 Å². The SMILES string of the molecule is Cc1ccc(S(=O)(=O)N2CCc3cc(Br)ccc3[C@H](N)C2)cc1. The molecule has 2 aromatic rings. The van der Waals surface area contributed by atoms with E-state index >= 15 is 0 Å². The molecule has 1 heterocycles. The van der Waals surface area contributed by atoms with Gasteiger partial charge in [-0.15, -0.1) is 0 Å². The van der Waals surface area contributed by atoms with Gasteiger partial charge in [-0.3, -0.25) is 0 Å². The van der Waals surface area contributed by atoms with E-state index in [9.17, 15) is 8.42 Å². The van der Waals surface area contributed by atoms with Crippen LogP contribution < -0.4 is 5.73 Å². The molecule has 4 nitrogen and oxygen atoms in total. The fraction of sp³-hybridized carbons (Fsp3) is 0.294. The van der Waals surface area contributed by atoms with Crippen LogP contribution in [0.4, 0.5) is 0 Å². The lowest BCUT2D eigenvalue weighted by Crippen LogP contribution is -2.36. The van der Waals surface area contributed by atoms with Crippen LogP contribution in [0.3, 0.4) is 0 Å². The van der Waals surface area contributed by atoms with E-state index < -0.39 is 10.0 Å². The van der Waals surface area contributed by atoms with Crippen LogP contribution in [0.25, 0.3) is 0 Å². The maximum atomic E-state index is 12.9. The van der Waals surface area contributed by atoms with E-state index in [0.717, 1.165) is 21.2 Å². The van der Waals surface area contributed by atoms with Crippen molar-refractivity contribution in [2.45, 2.75) is 24.3 Å². The van der Waals surface area contributed by atoms with Crippen LogP contribution in [0.15, 0.2) is 51.8 Å². The van der Waals surface area contributed by atoms with E-state index in [1.54, 1.807) is 12.1 Å². The average molecular weight is 395 g/mol. The van der Waals surface area contributed by atoms with Crippen LogP contribution >= 0.6 is 15.9 Å². The van der Waals surface area contributed by atoms with Crippen LogP contribution in [0.5, 0.6) is 0 Å². The Morgan fingerprint density at radius 3 is 2.57 bits per heavy atom. The second-order valence-electron chi connectivity index (χ2n) is 5.88. The number of nitrogens with zero attached hydrogens (tertiary/aromatic N) is 1. The summed E-state index contributed by atoms with van der Waals surface area (Å²) in [6, 6.07) is 12.6. The summed E-state index contributed by atoms with van der Waals surface area (Å²) in [5.74, 6) is 0. The van der Waals surface area contributed by atoms with E-state index in [-0.39, 0.29) is 6.04 Å². The van der Waals surface area contributed by atoms with Crippen molar-refractivity contribution in [3.8, 4) is 0 Å². The average Bonchev–Trinajstić information content (AvgIpc) is 2.67. The van der Waals surface area contributed by atoms with Crippen molar-refractivity contribution in [3.63, 3.8) is 0 Å². The number of hydrogen-bond acceptors (Lipinski definition) is 3. The summed E-state index contributed by atoms with van der Waals surface area (Å²) >= 11 is 3.46. The number of sulfonamides is 1. The number of hydrogen-bond donors (Lipinski definition) is 1. The van der Waals surface area contributed by atoms with Crippen LogP contribution in [0.2, 0.25) is 0 Å². The molecule has 0 saturated heterocycles. The summed E-state index contributed by atoms with van der Waals surface area (Å²) < 4.78 is 28.2. The van der Waals surface area contributed by atoms with Gasteiger partial charge in [0, 0.05) is 23.6 Å². The second kappa shape index (κ2) is 6.36. The predicted octanol–water partition coefficient (Wildman–Crippen LogP) is 3.00. The highest BCUT2D eigenvalue weighted by molar-refractivity contribution is 9.10. The minimum Gasteiger partial charge on any atom is -0.323 e. The van der Waals surface area contributed by atoms with E-state index in [2.05, 4.69) is 15.9 Å². The molecule has 0 saturated carbocycles. The largest absolute Gasteiger partial charge is 0.323 e. The number of halogens is 1. The molecule has 6 heteroatoms. The van der Waals surface area contributed by atoms with Crippen molar-refractivity contribution in [2.24, 2.45) is 5.73 Å². The summed E-state index contributed by atoms with van der Waals surface area (Å²) in [5.41, 5.74) is 9.43. The van der Waals surface area contributed by atoms with Crippen LogP contribution in [0, 0.1) is 6.92 Å². The van der Waals surface area contributed by atoms with Crippen LogP contribution in [0.1, 0.15) is 22.7 Å². The zero-order chi connectivity index (χ0) is 16.6. The monoisotopic (exact) mass is 394 g/mol. The molecule has 0 aliphatic carbocycles. The molecular formula is C17H19BrN2O2S. The van der Waals surface area contributed by atoms with Crippen LogP contribution in [-0.2, 0) is 16.4 Å². The highest BCUT2D eigenvalue weighted by Gasteiger charge is 2.29. The van der Waals surface area contributed by atoms with Gasteiger partial charge < -0.3 is 5.73 Å². The fourth-order valence-electron chi connectivity index (χ4n) is 2.88. The normalized spacial score (nSPS) is 19.2. The molecule has 23 heavy (non-hydrogen) atoms. The quantitative estimate of drug-likeness (QED) is 0.851. The Morgan fingerprint density at radius 2 is 1.87 bits per heavy atom. The van der Waals surface area contributed by atoms with Gasteiger partial charge in [0.2, 0.25) is 10.0 Å². The molecule has 0 aromatic heterocycles. The molecule has 0 amide bonds. The van der Waals surface area contributed by atoms with Crippen LogP contribution in [-0.4, -0.2) is 25.8 Å². The lowest BCUT2D eigenvalue weighted by molar-refractivity contribution is 0.401. The van der Waals surface area contributed by atoms with Gasteiger partial charge in [-0.25, -0.2) is 8.42 Å². The minimum atomic E-state index is -3.52. The standard InChI is InChI=1S/C17H19BrN2O2S/c1-12-2-5-15(6-3-12)23(21,22)20-9-8-13-10-14(18)4-7-16(13)17(19)11-20/h2-7,10,17H,8-9,11,19H2,1H3/t17-/m1/s1. The van der Waals surface area contributed by atoms with Gasteiger partial charge in [-0.1, -0.05) is 39.7 Å². The molecule has 2 N–H and O–H groups in total. The lowest BCUT2D eigenvalue weighted by Gasteiger charge is -2.22. The van der Waals surface area contributed by atoms with E-state index in [1.165, 1.54) is 4.31 Å². The van der Waals surface area contributed by atoms with Gasteiger partial charge in [-0.05, 0) is 48.7 Å². The highest BCUT2D eigenvalue weighted by atomic mass is 79.9. The van der Waals surface area contributed by atoms with Crippen molar-refractivity contribution in [1.82, 2.24) is 4.31 Å². The Bertz CT molecular complexity index is 819. The van der Waals surface area contributed by atoms with Gasteiger partial charge in [0.05, 0.1) is 4.90 Å². The van der Waals surface area contributed by atoms with Gasteiger partial charge in [0.15, 0.2) is 0 Å². The molecule has 0 radical (unpaired) electrons. The smallest absolute Gasteiger partial charge is 0.243 e. The van der Waals surface area contributed by atoms with Crippen molar-refractivity contribution in [1.29, 1.82) is 0 Å². The summed E-state index contributed by atoms with van der Waals surface area (Å²) in [5, 5.41) is 0. The first-order valence-corrected chi connectivity index (χ1v) is 9.72. The number of benzene rings is 2. The Kier molecular flexibility index (Phi) is 4.60. The van der Waals surface area contributed by atoms with Gasteiger partial charge in [0.1, 0.15) is 0 Å². The van der Waals surface area contributed by atoms with Crippen molar-refractivity contribution in [2.75, 3.05) is 13.1 Å². The molecule has 0 unspecified atom stereocenters. The first-order valence-electron chi connectivity index (χ1n) is 7.48. The topological polar surface area (TPSA) is 63.4 Å². The molecule has 122 valence electrons. The molecule has 1 atom stereocenters. The third kappa shape index (κ3) is 3.35. The van der Waals surface area contributed by atoms with Gasteiger partial charge >= 0.3 is 0 Å². The lowest BCUT2D eigenvalue weighted by atomic mass is 10.0. The molecule has 0 fully saturated rings. The van der Waals surface area contributed by atoms with E-state index in [4.69, 9.17) is 5.73 Å². The summed E-state index contributed by atoms with van der Waals surface area (Å²) in [7, 11) is -3.52. The maximum absolute atomic E-state index is 12.9. The van der Waals surface area contributed by atoms with Gasteiger partial charge in [0.25, 0.3) is 0 Å². The minimum absolute atomic E-state index is 0.296. The summed E-state index contributed by atoms with van der Waals surface area (Å²) in [4.78, 5) is 0.322. The second-order valence-corrected chi connectivity index (χ2v) is 8.73. The Balaban J connectivity index is 1.92. The third-order valence-corrected chi connectivity index (χ3v) is 6.57. The van der Waals surface area contributed by atoms with Crippen molar-refractivity contribution < 1.29 is 8.42 Å². The van der Waals surface area contributed by atoms with Crippen molar-refractivity contribution in [3.05, 3.63) is 63.6 Å². The number of rotatable bonds is 2. The molecule has 1 aliphatic rings. The zero-order valence-corrected chi connectivity index (χ0v) is 15.3. The molecular weight excluding hydrogens is 376 g/mol. The Hall–Kier alpha value is -1.21. The first-order chi connectivity index (χ1) is 10.9. The Morgan fingerprint density at radius 1 is 1.17 bits per heavy atom. The molecule has 2 aromatic carbocycles. The molecule has 0 bridgehead atoms. The Labute approximate surface area is 145 Å². The number of fused-ring (bicyclic) bond motifs is 1. The van der Waals surface area contributed by atoms with Gasteiger partial charge in [-0.2, -0.15) is 4.31 Å². The number of aryl methyl sites for hydroxylation is 1. The fourth-order valence-corrected chi connectivity index (χ4v) is 4.76. The number of nitrogens with two attached hydrogens (primary N) is 1. The summed E-state index contributed by atoms with van der Waals surface area (Å²) in [6.07, 6.45) is 0.660. The summed E-state index contributed by atoms with van der Waals surface area (Å²) in [6.45, 7) is 2.67. The predicted molar refractivity (Wildman–Crippen MR) is 94.7 cm³/mol. The van der Waals surface area contributed by atoms with E-state index in [1.807, 2.05) is 37.3 Å². The highest BCUT2D eigenvalue weighted by Crippen LogP contribution is 2.28. The molecule has 1 aliphatic heterocycles. The zero-order valence-electron chi connectivity index (χ0n) is 12.9. The van der Waals surface area contributed by atoms with Crippen molar-refractivity contribution >= 4 is 26.0 Å².